The fourth-order valence-electron chi connectivity index (χ4n) is 3.65. The third-order valence-electron chi connectivity index (χ3n) is 5.03. The second-order valence-electron chi connectivity index (χ2n) is 6.97. The number of nitrogens with zero attached hydrogens (tertiary/aromatic N) is 2. The van der Waals surface area contributed by atoms with Crippen molar-refractivity contribution in [3.05, 3.63) is 52.2 Å². The zero-order valence-corrected chi connectivity index (χ0v) is 16.1. The number of anilines is 1. The minimum Gasteiger partial charge on any atom is -0.442 e. The van der Waals surface area contributed by atoms with Crippen LogP contribution < -0.4 is 10.2 Å². The molecule has 2 saturated heterocycles. The number of para-hydroxylation sites is 1. The summed E-state index contributed by atoms with van der Waals surface area (Å²) >= 11 is 1.51. The number of amides is 2. The third-order valence-corrected chi connectivity index (χ3v) is 6.02. The second-order valence-corrected chi connectivity index (χ2v) is 8.25. The number of nitrogens with one attached hydrogen (secondary N) is 1. The number of carbonyl (C=O) groups is 2. The average molecular weight is 385 g/mol. The van der Waals surface area contributed by atoms with Gasteiger partial charge in [-0.15, -0.1) is 11.3 Å². The van der Waals surface area contributed by atoms with Crippen molar-refractivity contribution in [2.45, 2.75) is 25.5 Å². The first kappa shape index (κ1) is 18.0. The van der Waals surface area contributed by atoms with Crippen molar-refractivity contribution in [2.24, 2.45) is 0 Å². The maximum Gasteiger partial charge on any atom is 0.414 e. The highest BCUT2D eigenvalue weighted by molar-refractivity contribution is 7.13. The molecule has 1 aromatic heterocycles. The number of cyclic esters (lactones) is 1. The molecule has 0 aliphatic carbocycles. The predicted octanol–water partition coefficient (Wildman–Crippen LogP) is 2.89. The van der Waals surface area contributed by atoms with Crippen molar-refractivity contribution in [1.29, 1.82) is 0 Å². The van der Waals surface area contributed by atoms with Crippen LogP contribution in [-0.2, 0) is 4.74 Å². The number of hydrogen-bond acceptors (Lipinski definition) is 5. The van der Waals surface area contributed by atoms with Gasteiger partial charge in [0.05, 0.1) is 18.0 Å². The normalized spacial score (nSPS) is 22.1. The van der Waals surface area contributed by atoms with E-state index >= 15 is 0 Å². The Hall–Kier alpha value is -2.38. The molecule has 0 spiro atoms. The van der Waals surface area contributed by atoms with Crippen LogP contribution in [-0.4, -0.2) is 55.2 Å². The Labute approximate surface area is 162 Å². The quantitative estimate of drug-likeness (QED) is 0.860. The van der Waals surface area contributed by atoms with Crippen LogP contribution in [0.4, 0.5) is 10.5 Å². The fourth-order valence-corrected chi connectivity index (χ4v) is 4.47. The van der Waals surface area contributed by atoms with Gasteiger partial charge in [0.2, 0.25) is 0 Å². The largest absolute Gasteiger partial charge is 0.442 e. The van der Waals surface area contributed by atoms with Crippen molar-refractivity contribution in [1.82, 2.24) is 10.2 Å². The molecule has 1 aromatic carbocycles. The number of ether oxygens (including phenoxy) is 1. The molecule has 6 nitrogen and oxygen atoms in total. The van der Waals surface area contributed by atoms with Crippen LogP contribution in [0, 0.1) is 6.92 Å². The van der Waals surface area contributed by atoms with Crippen LogP contribution in [0.1, 0.15) is 21.0 Å². The van der Waals surface area contributed by atoms with E-state index in [2.05, 4.69) is 5.32 Å². The van der Waals surface area contributed by atoms with Gasteiger partial charge in [-0.1, -0.05) is 18.2 Å². The number of thiophene rings is 1. The molecule has 1 N–H and O–H groups in total. The summed E-state index contributed by atoms with van der Waals surface area (Å²) in [4.78, 5) is 30.8. The van der Waals surface area contributed by atoms with Crippen molar-refractivity contribution in [3.8, 4) is 0 Å². The molecule has 2 aromatic rings. The van der Waals surface area contributed by atoms with Crippen LogP contribution >= 0.6 is 11.3 Å². The zero-order chi connectivity index (χ0) is 18.8. The monoisotopic (exact) mass is 385 g/mol. The molecule has 0 bridgehead atoms. The van der Waals surface area contributed by atoms with Gasteiger partial charge >= 0.3 is 6.09 Å². The highest BCUT2D eigenvalue weighted by Gasteiger charge is 2.37. The molecular formula is C20H23N3O3S. The number of benzene rings is 1. The van der Waals surface area contributed by atoms with E-state index in [-0.39, 0.29) is 24.1 Å². The van der Waals surface area contributed by atoms with E-state index < -0.39 is 0 Å². The zero-order valence-electron chi connectivity index (χ0n) is 15.3. The maximum absolute atomic E-state index is 13.1. The summed E-state index contributed by atoms with van der Waals surface area (Å²) in [6.45, 7) is 4.55. The Morgan fingerprint density at radius 1 is 1.30 bits per heavy atom. The van der Waals surface area contributed by atoms with Gasteiger partial charge in [0, 0.05) is 23.2 Å². The van der Waals surface area contributed by atoms with Crippen molar-refractivity contribution in [3.63, 3.8) is 0 Å². The van der Waals surface area contributed by atoms with Crippen LogP contribution in [0.25, 0.3) is 0 Å². The molecule has 2 amide bonds. The Morgan fingerprint density at radius 3 is 2.78 bits per heavy atom. The summed E-state index contributed by atoms with van der Waals surface area (Å²) in [5.41, 5.74) is 0.819. The molecule has 0 saturated carbocycles. The van der Waals surface area contributed by atoms with Gasteiger partial charge in [-0.25, -0.2) is 4.79 Å². The topological polar surface area (TPSA) is 61.9 Å². The minimum atomic E-state index is -0.352. The predicted molar refractivity (Wildman–Crippen MR) is 105 cm³/mol. The summed E-state index contributed by atoms with van der Waals surface area (Å²) in [5, 5.41) is 3.32. The van der Waals surface area contributed by atoms with Gasteiger partial charge in [-0.2, -0.15) is 0 Å². The van der Waals surface area contributed by atoms with E-state index in [9.17, 15) is 9.59 Å². The second kappa shape index (κ2) is 7.70. The highest BCUT2D eigenvalue weighted by Crippen LogP contribution is 2.25. The average Bonchev–Trinajstić information content (AvgIpc) is 3.41. The molecule has 27 heavy (non-hydrogen) atoms. The van der Waals surface area contributed by atoms with Gasteiger partial charge < -0.3 is 15.0 Å². The molecule has 2 fully saturated rings. The third kappa shape index (κ3) is 3.84. The molecule has 4 rings (SSSR count). The standard InChI is InChI=1S/C20H23N3O3S/c1-14-7-8-18(27-14)19(24)22(16-9-10-21-11-16)12-17-13-23(20(25)26-17)15-5-3-2-4-6-15/h2-8,16-17,21H,9-13H2,1H3. The van der Waals surface area contributed by atoms with Crippen LogP contribution in [0.15, 0.2) is 42.5 Å². The van der Waals surface area contributed by atoms with E-state index in [1.165, 1.54) is 11.3 Å². The van der Waals surface area contributed by atoms with Gasteiger partial charge in [-0.3, -0.25) is 9.69 Å². The molecule has 2 aliphatic rings. The van der Waals surface area contributed by atoms with Gasteiger partial charge in [0.15, 0.2) is 0 Å². The van der Waals surface area contributed by atoms with Gasteiger partial charge in [0.25, 0.3) is 5.91 Å². The summed E-state index contributed by atoms with van der Waals surface area (Å²) in [5.74, 6) is 0.0241. The Balaban J connectivity index is 1.50. The highest BCUT2D eigenvalue weighted by atomic mass is 32.1. The van der Waals surface area contributed by atoms with Crippen LogP contribution in [0.2, 0.25) is 0 Å². The van der Waals surface area contributed by atoms with Crippen LogP contribution in [0.3, 0.4) is 0 Å². The first-order chi connectivity index (χ1) is 13.1. The van der Waals surface area contributed by atoms with Gasteiger partial charge in [0.1, 0.15) is 6.10 Å². The van der Waals surface area contributed by atoms with Crippen molar-refractivity contribution < 1.29 is 14.3 Å². The smallest absolute Gasteiger partial charge is 0.414 e. The maximum atomic E-state index is 13.1. The number of aryl methyl sites for hydroxylation is 1. The van der Waals surface area contributed by atoms with E-state index in [0.717, 1.165) is 35.0 Å². The van der Waals surface area contributed by atoms with Crippen molar-refractivity contribution in [2.75, 3.05) is 31.1 Å². The number of rotatable bonds is 5. The number of hydrogen-bond donors (Lipinski definition) is 1. The molecule has 2 atom stereocenters. The van der Waals surface area contributed by atoms with Crippen LogP contribution in [0.5, 0.6) is 0 Å². The molecule has 0 radical (unpaired) electrons. The minimum absolute atomic E-state index is 0.0241. The first-order valence-corrected chi connectivity index (χ1v) is 10.0. The molecule has 7 heteroatoms. The molecule has 142 valence electrons. The van der Waals surface area contributed by atoms with E-state index in [0.29, 0.717) is 13.1 Å². The van der Waals surface area contributed by atoms with Gasteiger partial charge in [-0.05, 0) is 44.2 Å². The molecule has 2 unspecified atom stereocenters. The lowest BCUT2D eigenvalue weighted by Gasteiger charge is -2.29. The summed E-state index contributed by atoms with van der Waals surface area (Å²) in [7, 11) is 0. The lowest BCUT2D eigenvalue weighted by molar-refractivity contribution is 0.0560. The fraction of sp³-hybridized carbons (Fsp3) is 0.400. The molecular weight excluding hydrogens is 362 g/mol. The Morgan fingerprint density at radius 2 is 2.11 bits per heavy atom. The summed E-state index contributed by atoms with van der Waals surface area (Å²) in [6.07, 6.45) is 0.234. The lowest BCUT2D eigenvalue weighted by Crippen LogP contribution is -2.46. The Kier molecular flexibility index (Phi) is 5.13. The Bertz CT molecular complexity index is 817. The molecule has 2 aliphatic heterocycles. The van der Waals surface area contributed by atoms with E-state index in [4.69, 9.17) is 4.74 Å². The van der Waals surface area contributed by atoms with Crippen molar-refractivity contribution >= 4 is 29.0 Å². The number of carbonyl (C=O) groups excluding carboxylic acids is 2. The SMILES string of the molecule is Cc1ccc(C(=O)N(CC2CN(c3ccccc3)C(=O)O2)C2CCNC2)s1. The molecule has 3 heterocycles. The van der Waals surface area contributed by atoms with E-state index in [1.54, 1.807) is 4.90 Å². The first-order valence-electron chi connectivity index (χ1n) is 9.23. The summed E-state index contributed by atoms with van der Waals surface area (Å²) in [6, 6.07) is 13.5. The lowest BCUT2D eigenvalue weighted by atomic mass is 10.1. The van der Waals surface area contributed by atoms with E-state index in [1.807, 2.05) is 54.3 Å². The summed E-state index contributed by atoms with van der Waals surface area (Å²) < 4.78 is 5.59.